The van der Waals surface area contributed by atoms with Crippen LogP contribution in [0, 0.1) is 11.6 Å². The lowest BCUT2D eigenvalue weighted by atomic mass is 10.1. The summed E-state index contributed by atoms with van der Waals surface area (Å²) in [7, 11) is 2.90. The summed E-state index contributed by atoms with van der Waals surface area (Å²) in [5.41, 5.74) is -0.00519. The van der Waals surface area contributed by atoms with Gasteiger partial charge in [0.15, 0.2) is 23.1 Å². The van der Waals surface area contributed by atoms with Crippen molar-refractivity contribution >= 4 is 0 Å². The van der Waals surface area contributed by atoms with E-state index in [1.807, 2.05) is 0 Å². The Balaban J connectivity index is 1.56. The van der Waals surface area contributed by atoms with E-state index >= 15 is 4.39 Å². The van der Waals surface area contributed by atoms with E-state index in [-0.39, 0.29) is 24.5 Å². The molecule has 0 unspecified atom stereocenters. The molecule has 0 fully saturated rings. The summed E-state index contributed by atoms with van der Waals surface area (Å²) in [4.78, 5) is 23.7. The van der Waals surface area contributed by atoms with Crippen LogP contribution in [-0.4, -0.2) is 21.4 Å². The van der Waals surface area contributed by atoms with Crippen molar-refractivity contribution in [3.8, 4) is 22.8 Å². The molecule has 0 amide bonds. The molecule has 0 aliphatic rings. The zero-order valence-electron chi connectivity index (χ0n) is 17.7. The number of halogens is 2. The van der Waals surface area contributed by atoms with Crippen LogP contribution in [0.15, 0.2) is 68.8 Å². The first-order chi connectivity index (χ1) is 15.9. The first kappa shape index (κ1) is 22.0. The molecular formula is C23H19F2N3O5. The summed E-state index contributed by atoms with van der Waals surface area (Å²) in [5, 5.41) is 3.85. The average molecular weight is 455 g/mol. The van der Waals surface area contributed by atoms with Gasteiger partial charge in [-0.2, -0.15) is 0 Å². The van der Waals surface area contributed by atoms with Gasteiger partial charge in [0, 0.05) is 25.4 Å². The van der Waals surface area contributed by atoms with Gasteiger partial charge in [0.25, 0.3) is 5.56 Å². The average Bonchev–Trinajstić information content (AvgIpc) is 3.28. The Labute approximate surface area is 186 Å². The van der Waals surface area contributed by atoms with Crippen molar-refractivity contribution in [2.45, 2.75) is 13.2 Å². The fourth-order valence-corrected chi connectivity index (χ4v) is 3.16. The van der Waals surface area contributed by atoms with Crippen molar-refractivity contribution in [2.75, 3.05) is 7.11 Å². The van der Waals surface area contributed by atoms with Gasteiger partial charge in [0.1, 0.15) is 18.1 Å². The van der Waals surface area contributed by atoms with E-state index in [2.05, 4.69) is 5.16 Å². The molecule has 4 rings (SSSR count). The smallest absolute Gasteiger partial charge is 0.331 e. The molecule has 170 valence electrons. The predicted octanol–water partition coefficient (Wildman–Crippen LogP) is 3.12. The number of nitrogens with zero attached hydrogens (tertiary/aromatic N) is 3. The molecule has 0 N–H and O–H groups in total. The SMILES string of the molecule is COc1ccc(COc2c(F)ccc(-c3cc(Cn4ccc(=O)n(C)c4=O)no3)c2F)cc1. The number of rotatable bonds is 7. The molecule has 0 bridgehead atoms. The largest absolute Gasteiger partial charge is 0.497 e. The summed E-state index contributed by atoms with van der Waals surface area (Å²) < 4.78 is 47.3. The lowest BCUT2D eigenvalue weighted by Crippen LogP contribution is -2.37. The van der Waals surface area contributed by atoms with Crippen molar-refractivity contribution in [1.82, 2.24) is 14.3 Å². The Hall–Kier alpha value is -4.21. The Bertz CT molecular complexity index is 1410. The Morgan fingerprint density at radius 2 is 1.82 bits per heavy atom. The molecule has 0 atom stereocenters. The third-order valence-electron chi connectivity index (χ3n) is 5.01. The number of aromatic nitrogens is 3. The molecule has 8 nitrogen and oxygen atoms in total. The summed E-state index contributed by atoms with van der Waals surface area (Å²) in [5.74, 6) is -1.66. The van der Waals surface area contributed by atoms with Gasteiger partial charge in [0.2, 0.25) is 0 Å². The Morgan fingerprint density at radius 3 is 2.55 bits per heavy atom. The maximum absolute atomic E-state index is 15.1. The van der Waals surface area contributed by atoms with E-state index in [0.29, 0.717) is 17.0 Å². The van der Waals surface area contributed by atoms with Crippen LogP contribution in [0.2, 0.25) is 0 Å². The van der Waals surface area contributed by atoms with Crippen molar-refractivity contribution in [2.24, 2.45) is 7.05 Å². The fraction of sp³-hybridized carbons (Fsp3) is 0.174. The number of hydrogen-bond acceptors (Lipinski definition) is 6. The van der Waals surface area contributed by atoms with Gasteiger partial charge >= 0.3 is 5.69 Å². The summed E-state index contributed by atoms with van der Waals surface area (Å²) >= 11 is 0. The van der Waals surface area contributed by atoms with Crippen LogP contribution < -0.4 is 20.7 Å². The molecule has 0 aliphatic carbocycles. The first-order valence-electron chi connectivity index (χ1n) is 9.83. The maximum Gasteiger partial charge on any atom is 0.331 e. The van der Waals surface area contributed by atoms with Crippen molar-refractivity contribution in [3.05, 3.63) is 98.5 Å². The number of benzene rings is 2. The Morgan fingerprint density at radius 1 is 1.06 bits per heavy atom. The zero-order chi connectivity index (χ0) is 23.5. The second kappa shape index (κ2) is 9.11. The highest BCUT2D eigenvalue weighted by atomic mass is 19.1. The maximum atomic E-state index is 15.1. The van der Waals surface area contributed by atoms with Gasteiger partial charge in [-0.3, -0.25) is 13.9 Å². The fourth-order valence-electron chi connectivity index (χ4n) is 3.16. The normalized spacial score (nSPS) is 10.9. The molecule has 0 radical (unpaired) electrons. The highest BCUT2D eigenvalue weighted by molar-refractivity contribution is 5.61. The third-order valence-corrected chi connectivity index (χ3v) is 5.01. The third kappa shape index (κ3) is 4.54. The molecule has 0 saturated heterocycles. The zero-order valence-corrected chi connectivity index (χ0v) is 17.7. The van der Waals surface area contributed by atoms with Crippen molar-refractivity contribution in [1.29, 1.82) is 0 Å². The van der Waals surface area contributed by atoms with E-state index in [1.54, 1.807) is 24.3 Å². The molecule has 33 heavy (non-hydrogen) atoms. The predicted molar refractivity (Wildman–Crippen MR) is 114 cm³/mol. The van der Waals surface area contributed by atoms with Crippen LogP contribution in [0.4, 0.5) is 8.78 Å². The summed E-state index contributed by atoms with van der Waals surface area (Å²) in [6, 6.07) is 11.8. The van der Waals surface area contributed by atoms with Gasteiger partial charge in [-0.25, -0.2) is 13.6 Å². The monoisotopic (exact) mass is 455 g/mol. The van der Waals surface area contributed by atoms with E-state index in [1.165, 1.54) is 43.1 Å². The van der Waals surface area contributed by atoms with Crippen LogP contribution >= 0.6 is 0 Å². The first-order valence-corrected chi connectivity index (χ1v) is 9.83. The molecule has 2 heterocycles. The second-order valence-electron chi connectivity index (χ2n) is 7.18. The van der Waals surface area contributed by atoms with Gasteiger partial charge in [-0.05, 0) is 29.8 Å². The van der Waals surface area contributed by atoms with Crippen molar-refractivity contribution < 1.29 is 22.8 Å². The minimum absolute atomic E-state index is 0.0000931. The molecule has 4 aromatic rings. The molecule has 2 aromatic carbocycles. The van der Waals surface area contributed by atoms with Crippen LogP contribution in [0.1, 0.15) is 11.3 Å². The van der Waals surface area contributed by atoms with Crippen molar-refractivity contribution in [3.63, 3.8) is 0 Å². The van der Waals surface area contributed by atoms with Crippen LogP contribution in [0.5, 0.6) is 11.5 Å². The highest BCUT2D eigenvalue weighted by Gasteiger charge is 2.20. The second-order valence-corrected chi connectivity index (χ2v) is 7.18. The number of ether oxygens (including phenoxy) is 2. The van der Waals surface area contributed by atoms with Gasteiger partial charge < -0.3 is 14.0 Å². The number of methoxy groups -OCH3 is 1. The quantitative estimate of drug-likeness (QED) is 0.426. The van der Waals surface area contributed by atoms with Crippen LogP contribution in [0.3, 0.4) is 0 Å². The molecule has 2 aromatic heterocycles. The standard InChI is InChI=1S/C23H19F2N3O5/c1-27-20(29)9-10-28(23(27)30)12-15-11-19(33-26-15)17-7-8-18(24)22(21(17)25)32-13-14-3-5-16(31-2)6-4-14/h3-11H,12-13H2,1-2H3. The summed E-state index contributed by atoms with van der Waals surface area (Å²) in [6.07, 6.45) is 1.34. The van der Waals surface area contributed by atoms with Crippen LogP contribution in [-0.2, 0) is 20.2 Å². The molecule has 0 spiro atoms. The minimum Gasteiger partial charge on any atom is -0.497 e. The molecular weight excluding hydrogens is 436 g/mol. The molecule has 0 aliphatic heterocycles. The summed E-state index contributed by atoms with van der Waals surface area (Å²) in [6.45, 7) is -0.0569. The van der Waals surface area contributed by atoms with E-state index in [0.717, 1.165) is 10.6 Å². The highest BCUT2D eigenvalue weighted by Crippen LogP contribution is 2.32. The van der Waals surface area contributed by atoms with Gasteiger partial charge in [-0.15, -0.1) is 0 Å². The van der Waals surface area contributed by atoms with Gasteiger partial charge in [0.05, 0.1) is 19.2 Å². The topological polar surface area (TPSA) is 88.5 Å². The lowest BCUT2D eigenvalue weighted by Gasteiger charge is -2.10. The lowest BCUT2D eigenvalue weighted by molar-refractivity contribution is 0.274. The molecule has 0 saturated carbocycles. The van der Waals surface area contributed by atoms with E-state index < -0.39 is 28.6 Å². The minimum atomic E-state index is -0.939. The van der Waals surface area contributed by atoms with Crippen LogP contribution in [0.25, 0.3) is 11.3 Å². The van der Waals surface area contributed by atoms with E-state index in [4.69, 9.17) is 14.0 Å². The Kier molecular flexibility index (Phi) is 6.07. The number of hydrogen-bond donors (Lipinski definition) is 0. The van der Waals surface area contributed by atoms with Gasteiger partial charge in [-0.1, -0.05) is 17.3 Å². The molecule has 10 heteroatoms. The van der Waals surface area contributed by atoms with E-state index in [9.17, 15) is 14.0 Å².